The van der Waals surface area contributed by atoms with Crippen LogP contribution in [0, 0.1) is 27.7 Å². The van der Waals surface area contributed by atoms with E-state index in [0.717, 1.165) is 114 Å². The molecule has 0 unspecified atom stereocenters. The van der Waals surface area contributed by atoms with Crippen LogP contribution in [0.3, 0.4) is 0 Å². The molecule has 2 saturated carbocycles. The predicted molar refractivity (Wildman–Crippen MR) is 269 cm³/mol. The predicted octanol–water partition coefficient (Wildman–Crippen LogP) is 10.4. The summed E-state index contributed by atoms with van der Waals surface area (Å²) in [5, 5.41) is 20.8. The largest absolute Gasteiger partial charge is 0.395 e. The number of alkyl halides is 2. The molecule has 10 rings (SSSR count). The molecule has 2 aliphatic heterocycles. The number of aliphatic hydroxyl groups is 2. The lowest BCUT2D eigenvalue weighted by molar-refractivity contribution is 0.0512. The smallest absolute Gasteiger partial charge is 0.170 e. The standard InChI is InChI=1S/C28H35FN4O.C27H33FN4O/c1-19-7-4-5-8-23(19)21-9-13-33(14-10-21)26-24-18-22(32(3)15-16-34)17-20(2)25(24)30-27(31-26)28(29)11-6-12-28;1-18-6-4-5-7-22(18)20-8-12-32(13-9-20)25-23-17-21(31(3)14-15-33)16-19(2)24(23)29-26(30-25)27(28)10-11-27/h4-5,7-8,17-18,21,34H,6,9-16H2,1-3H3;4-7,16-17,20,33H,8-15H2,1-3H3. The molecule has 4 aromatic carbocycles. The van der Waals surface area contributed by atoms with Gasteiger partial charge in [-0.25, -0.2) is 28.7 Å². The van der Waals surface area contributed by atoms with E-state index in [1.54, 1.807) is 0 Å². The summed E-state index contributed by atoms with van der Waals surface area (Å²) in [6.45, 7) is 13.3. The van der Waals surface area contributed by atoms with Crippen molar-refractivity contribution in [2.45, 2.75) is 109 Å². The Kier molecular flexibility index (Phi) is 13.4. The molecule has 4 fully saturated rings. The Bertz CT molecular complexity index is 2720. The van der Waals surface area contributed by atoms with Gasteiger partial charge in [0.25, 0.3) is 0 Å². The second-order valence-corrected chi connectivity index (χ2v) is 19.9. The molecule has 6 aromatic rings. The SMILES string of the molecule is Cc1ccccc1C1CCN(c2nc(C3(F)CC3)nc3c(C)cc(N(C)CCO)cc23)CC1.Cc1ccccc1C1CCN(c2nc(C3(F)CCC3)nc3c(C)cc(N(C)CCO)cc23)CC1. The number of hydrogen-bond donors (Lipinski definition) is 2. The average Bonchev–Trinajstić information content (AvgIpc) is 4.09. The van der Waals surface area contributed by atoms with E-state index in [-0.39, 0.29) is 13.2 Å². The molecule has 0 radical (unpaired) electrons. The van der Waals surface area contributed by atoms with Crippen LogP contribution in [0.4, 0.5) is 31.8 Å². The second-order valence-electron chi connectivity index (χ2n) is 19.9. The molecule has 0 amide bonds. The molecule has 12 heteroatoms. The van der Waals surface area contributed by atoms with Gasteiger partial charge in [0, 0.05) is 75.5 Å². The number of likely N-dealkylation sites (N-methyl/N-ethyl adjacent to an activating group) is 2. The van der Waals surface area contributed by atoms with Crippen LogP contribution < -0.4 is 19.6 Å². The van der Waals surface area contributed by atoms with Crippen molar-refractivity contribution < 1.29 is 19.0 Å². The van der Waals surface area contributed by atoms with E-state index < -0.39 is 11.3 Å². The molecule has 2 aromatic heterocycles. The van der Waals surface area contributed by atoms with Gasteiger partial charge >= 0.3 is 0 Å². The fourth-order valence-electron chi connectivity index (χ4n) is 10.6. The highest BCUT2D eigenvalue weighted by Gasteiger charge is 2.49. The van der Waals surface area contributed by atoms with Crippen molar-refractivity contribution >= 4 is 44.8 Å². The number of halogens is 2. The number of aliphatic hydroxyl groups excluding tert-OH is 2. The number of fused-ring (bicyclic) bond motifs is 2. The second kappa shape index (κ2) is 19.3. The van der Waals surface area contributed by atoms with Crippen LogP contribution in [0.5, 0.6) is 0 Å². The van der Waals surface area contributed by atoms with Gasteiger partial charge in [0.05, 0.1) is 24.2 Å². The molecule has 2 aliphatic carbocycles. The molecule has 67 heavy (non-hydrogen) atoms. The number of hydrogen-bond acceptors (Lipinski definition) is 10. The Morgan fingerprint density at radius 3 is 1.28 bits per heavy atom. The lowest BCUT2D eigenvalue weighted by Crippen LogP contribution is -2.36. The minimum atomic E-state index is -1.40. The first kappa shape index (κ1) is 46.6. The third kappa shape index (κ3) is 9.53. The molecule has 4 aliphatic rings. The van der Waals surface area contributed by atoms with E-state index in [1.165, 1.54) is 22.3 Å². The van der Waals surface area contributed by atoms with Gasteiger partial charge in [0.2, 0.25) is 0 Å². The third-order valence-electron chi connectivity index (χ3n) is 15.1. The zero-order valence-corrected chi connectivity index (χ0v) is 40.3. The molecule has 0 bridgehead atoms. The number of aryl methyl sites for hydroxylation is 4. The number of nitrogens with zero attached hydrogens (tertiary/aromatic N) is 8. The average molecular weight is 911 g/mol. The molecule has 0 spiro atoms. The van der Waals surface area contributed by atoms with Crippen molar-refractivity contribution in [3.8, 4) is 0 Å². The van der Waals surface area contributed by atoms with Crippen LogP contribution in [0.1, 0.15) is 115 Å². The first-order valence-electron chi connectivity index (χ1n) is 24.6. The highest BCUT2D eigenvalue weighted by atomic mass is 19.1. The van der Waals surface area contributed by atoms with Gasteiger partial charge in [-0.15, -0.1) is 0 Å². The lowest BCUT2D eigenvalue weighted by atomic mass is 9.81. The van der Waals surface area contributed by atoms with Crippen molar-refractivity contribution in [1.29, 1.82) is 0 Å². The zero-order chi connectivity index (χ0) is 47.0. The number of rotatable bonds is 12. The zero-order valence-electron chi connectivity index (χ0n) is 40.3. The summed E-state index contributed by atoms with van der Waals surface area (Å²) in [4.78, 5) is 27.9. The molecule has 0 atom stereocenters. The van der Waals surface area contributed by atoms with E-state index in [2.05, 4.69) is 96.4 Å². The normalized spacial score (nSPS) is 18.1. The topological polar surface area (TPSA) is 105 Å². The van der Waals surface area contributed by atoms with Gasteiger partial charge in [-0.1, -0.05) is 48.5 Å². The van der Waals surface area contributed by atoms with Gasteiger partial charge < -0.3 is 29.8 Å². The summed E-state index contributed by atoms with van der Waals surface area (Å²) in [7, 11) is 3.95. The molecule has 2 N–H and O–H groups in total. The van der Waals surface area contributed by atoms with Crippen LogP contribution in [0.2, 0.25) is 0 Å². The van der Waals surface area contributed by atoms with Crippen molar-refractivity contribution in [3.05, 3.63) is 118 Å². The Morgan fingerprint density at radius 2 is 0.940 bits per heavy atom. The van der Waals surface area contributed by atoms with Crippen LogP contribution in [-0.2, 0) is 11.3 Å². The Morgan fingerprint density at radius 1 is 0.552 bits per heavy atom. The fraction of sp³-hybridized carbons (Fsp3) is 0.491. The maximum atomic E-state index is 15.5. The molecule has 354 valence electrons. The Balaban J connectivity index is 0.000000168. The van der Waals surface area contributed by atoms with Crippen molar-refractivity contribution in [3.63, 3.8) is 0 Å². The van der Waals surface area contributed by atoms with E-state index >= 15 is 8.78 Å². The van der Waals surface area contributed by atoms with Crippen LogP contribution >= 0.6 is 0 Å². The molecule has 2 saturated heterocycles. The highest BCUT2D eigenvalue weighted by Crippen LogP contribution is 2.50. The van der Waals surface area contributed by atoms with Crippen molar-refractivity contribution in [2.75, 3.05) is 86.2 Å². The first-order valence-corrected chi connectivity index (χ1v) is 24.6. The quantitative estimate of drug-likeness (QED) is 0.123. The van der Waals surface area contributed by atoms with Gasteiger partial charge in [0.1, 0.15) is 11.6 Å². The van der Waals surface area contributed by atoms with Gasteiger partial charge in [-0.2, -0.15) is 0 Å². The number of benzene rings is 4. The van der Waals surface area contributed by atoms with E-state index in [4.69, 9.17) is 19.9 Å². The summed E-state index contributed by atoms with van der Waals surface area (Å²) in [5.41, 5.74) is 8.54. The number of anilines is 4. The number of aromatic nitrogens is 4. The maximum absolute atomic E-state index is 15.5. The summed E-state index contributed by atoms with van der Waals surface area (Å²) >= 11 is 0. The Hall–Kier alpha value is -5.46. The maximum Gasteiger partial charge on any atom is 0.170 e. The monoisotopic (exact) mass is 911 g/mol. The van der Waals surface area contributed by atoms with Crippen molar-refractivity contribution in [2.24, 2.45) is 0 Å². The van der Waals surface area contributed by atoms with Gasteiger partial charge in [-0.3, -0.25) is 0 Å². The third-order valence-corrected chi connectivity index (χ3v) is 15.1. The molecular weight excluding hydrogens is 843 g/mol. The number of piperidine rings is 2. The van der Waals surface area contributed by atoms with Crippen molar-refractivity contribution in [1.82, 2.24) is 19.9 Å². The summed E-state index contributed by atoms with van der Waals surface area (Å²) in [6.07, 6.45) is 7.11. The first-order chi connectivity index (χ1) is 32.3. The van der Waals surface area contributed by atoms with E-state index in [0.29, 0.717) is 62.3 Å². The summed E-state index contributed by atoms with van der Waals surface area (Å²) < 4.78 is 30.6. The molecular formula is C55H68F2N8O2. The summed E-state index contributed by atoms with van der Waals surface area (Å²) in [5.74, 6) is 3.47. The van der Waals surface area contributed by atoms with Crippen LogP contribution in [-0.4, -0.2) is 96.7 Å². The van der Waals surface area contributed by atoms with E-state index in [9.17, 15) is 10.2 Å². The fourth-order valence-corrected chi connectivity index (χ4v) is 10.6. The summed E-state index contributed by atoms with van der Waals surface area (Å²) in [6, 6.07) is 25.7. The lowest BCUT2D eigenvalue weighted by Gasteiger charge is -2.36. The highest BCUT2D eigenvalue weighted by molar-refractivity contribution is 5.95. The minimum absolute atomic E-state index is 0.0899. The van der Waals surface area contributed by atoms with Gasteiger partial charge in [0.15, 0.2) is 23.0 Å². The van der Waals surface area contributed by atoms with Crippen LogP contribution in [0.25, 0.3) is 21.8 Å². The Labute approximate surface area is 395 Å². The van der Waals surface area contributed by atoms with Crippen LogP contribution in [0.15, 0.2) is 72.8 Å². The molecule has 10 nitrogen and oxygen atoms in total. The minimum Gasteiger partial charge on any atom is -0.395 e. The van der Waals surface area contributed by atoms with Gasteiger partial charge in [-0.05, 0) is 155 Å². The van der Waals surface area contributed by atoms with E-state index in [1.807, 2.05) is 37.7 Å². The molecule has 4 heterocycles.